The summed E-state index contributed by atoms with van der Waals surface area (Å²) in [6.07, 6.45) is 3.75. The number of ether oxygens (including phenoxy) is 2. The first kappa shape index (κ1) is 12.2. The van der Waals surface area contributed by atoms with Crippen molar-refractivity contribution < 1.29 is 14.3 Å². The van der Waals surface area contributed by atoms with Crippen molar-refractivity contribution in [3.8, 4) is 0 Å². The maximum Gasteiger partial charge on any atom is 0.338 e. The third kappa shape index (κ3) is 2.61. The first-order chi connectivity index (χ1) is 9.34. The van der Waals surface area contributed by atoms with Gasteiger partial charge in [-0.25, -0.2) is 4.79 Å². The molecule has 1 aliphatic heterocycles. The maximum absolute atomic E-state index is 12.1. The zero-order valence-corrected chi connectivity index (χ0v) is 10.6. The second-order valence-electron chi connectivity index (χ2n) is 4.82. The number of aromatic amines is 1. The normalized spacial score (nSPS) is 19.5. The van der Waals surface area contributed by atoms with Gasteiger partial charge in [-0.2, -0.15) is 5.10 Å². The lowest BCUT2D eigenvalue weighted by Gasteiger charge is -2.21. The number of fused-ring (bicyclic) bond motifs is 1. The highest BCUT2D eigenvalue weighted by molar-refractivity contribution is 6.03. The van der Waals surface area contributed by atoms with Crippen molar-refractivity contribution in [1.29, 1.82) is 0 Å². The Labute approximate surface area is 110 Å². The Hall–Kier alpha value is -1.88. The zero-order chi connectivity index (χ0) is 13.1. The number of hydrogen-bond acceptors (Lipinski definition) is 4. The second kappa shape index (κ2) is 5.40. The van der Waals surface area contributed by atoms with Gasteiger partial charge in [-0.3, -0.25) is 5.10 Å². The minimum absolute atomic E-state index is 0.294. The van der Waals surface area contributed by atoms with Crippen LogP contribution in [0.2, 0.25) is 0 Å². The molecule has 19 heavy (non-hydrogen) atoms. The quantitative estimate of drug-likeness (QED) is 0.859. The van der Waals surface area contributed by atoms with Crippen LogP contribution in [0, 0.1) is 5.92 Å². The van der Waals surface area contributed by atoms with Gasteiger partial charge in [0, 0.05) is 17.9 Å². The maximum atomic E-state index is 12.1. The van der Waals surface area contributed by atoms with E-state index in [1.165, 1.54) is 0 Å². The summed E-state index contributed by atoms with van der Waals surface area (Å²) in [6, 6.07) is 5.46. The summed E-state index contributed by atoms with van der Waals surface area (Å²) in [6.45, 7) is 1.93. The SMILES string of the molecule is O=C(OCC1CCCOC1)c1cccc2[nH]ncc12. The Morgan fingerprint density at radius 2 is 2.47 bits per heavy atom. The van der Waals surface area contributed by atoms with Crippen LogP contribution in [0.4, 0.5) is 0 Å². The molecule has 1 aromatic carbocycles. The Bertz CT molecular complexity index is 573. The topological polar surface area (TPSA) is 64.2 Å². The van der Waals surface area contributed by atoms with Crippen molar-refractivity contribution >= 4 is 16.9 Å². The van der Waals surface area contributed by atoms with E-state index in [1.807, 2.05) is 12.1 Å². The fourth-order valence-corrected chi connectivity index (χ4v) is 2.36. The van der Waals surface area contributed by atoms with Crippen molar-refractivity contribution in [3.05, 3.63) is 30.0 Å². The minimum atomic E-state index is -0.294. The highest BCUT2D eigenvalue weighted by Gasteiger charge is 2.18. The molecular weight excluding hydrogens is 244 g/mol. The Balaban J connectivity index is 1.68. The molecule has 5 nitrogen and oxygen atoms in total. The van der Waals surface area contributed by atoms with E-state index in [9.17, 15) is 4.79 Å². The number of esters is 1. The molecule has 0 amide bonds. The van der Waals surface area contributed by atoms with Gasteiger partial charge < -0.3 is 9.47 Å². The first-order valence-corrected chi connectivity index (χ1v) is 6.51. The third-order valence-electron chi connectivity index (χ3n) is 3.41. The largest absolute Gasteiger partial charge is 0.462 e. The average molecular weight is 260 g/mol. The van der Waals surface area contributed by atoms with E-state index < -0.39 is 0 Å². The summed E-state index contributed by atoms with van der Waals surface area (Å²) in [5.74, 6) is 0.0267. The summed E-state index contributed by atoms with van der Waals surface area (Å²) in [7, 11) is 0. The van der Waals surface area contributed by atoms with Crippen LogP contribution in [0.1, 0.15) is 23.2 Å². The highest BCUT2D eigenvalue weighted by atomic mass is 16.5. The molecule has 1 aromatic heterocycles. The number of H-pyrrole nitrogens is 1. The van der Waals surface area contributed by atoms with E-state index in [0.29, 0.717) is 24.7 Å². The minimum Gasteiger partial charge on any atom is -0.462 e. The smallest absolute Gasteiger partial charge is 0.338 e. The van der Waals surface area contributed by atoms with Crippen molar-refractivity contribution in [2.75, 3.05) is 19.8 Å². The lowest BCUT2D eigenvalue weighted by molar-refractivity contribution is 0.00872. The van der Waals surface area contributed by atoms with Crippen LogP contribution in [0.5, 0.6) is 0 Å². The number of carbonyl (C=O) groups is 1. The third-order valence-corrected chi connectivity index (χ3v) is 3.41. The lowest BCUT2D eigenvalue weighted by atomic mass is 10.0. The molecule has 2 aromatic rings. The van der Waals surface area contributed by atoms with Gasteiger partial charge >= 0.3 is 5.97 Å². The predicted molar refractivity (Wildman–Crippen MR) is 69.9 cm³/mol. The molecular formula is C14H16N2O3. The number of nitrogens with zero attached hydrogens (tertiary/aromatic N) is 1. The van der Waals surface area contributed by atoms with Crippen LogP contribution in [0.25, 0.3) is 10.9 Å². The van der Waals surface area contributed by atoms with Gasteiger partial charge in [0.05, 0.1) is 30.5 Å². The predicted octanol–water partition coefficient (Wildman–Crippen LogP) is 2.15. The van der Waals surface area contributed by atoms with E-state index >= 15 is 0 Å². The summed E-state index contributed by atoms with van der Waals surface area (Å²) in [5, 5.41) is 7.58. The summed E-state index contributed by atoms with van der Waals surface area (Å²) in [5.41, 5.74) is 1.40. The standard InChI is InChI=1S/C14H16N2O3/c17-14(19-9-10-3-2-6-18-8-10)11-4-1-5-13-12(11)7-15-16-13/h1,4-5,7,10H,2-3,6,8-9H2,(H,15,16). The Morgan fingerprint density at radius 3 is 3.32 bits per heavy atom. The summed E-state index contributed by atoms with van der Waals surface area (Å²) >= 11 is 0. The van der Waals surface area contributed by atoms with Crippen molar-refractivity contribution in [3.63, 3.8) is 0 Å². The van der Waals surface area contributed by atoms with E-state index in [4.69, 9.17) is 9.47 Å². The molecule has 1 N–H and O–H groups in total. The highest BCUT2D eigenvalue weighted by Crippen LogP contribution is 2.18. The van der Waals surface area contributed by atoms with Crippen LogP contribution in [-0.4, -0.2) is 36.0 Å². The van der Waals surface area contributed by atoms with Gasteiger partial charge in [0.1, 0.15) is 0 Å². The van der Waals surface area contributed by atoms with Crippen LogP contribution in [-0.2, 0) is 9.47 Å². The number of carbonyl (C=O) groups excluding carboxylic acids is 1. The van der Waals surface area contributed by atoms with Crippen molar-refractivity contribution in [2.24, 2.45) is 5.92 Å². The van der Waals surface area contributed by atoms with Crippen molar-refractivity contribution in [2.45, 2.75) is 12.8 Å². The van der Waals surface area contributed by atoms with Gasteiger partial charge in [-0.15, -0.1) is 0 Å². The van der Waals surface area contributed by atoms with Crippen LogP contribution in [0.3, 0.4) is 0 Å². The monoisotopic (exact) mass is 260 g/mol. The van der Waals surface area contributed by atoms with Gasteiger partial charge in [-0.05, 0) is 25.0 Å². The number of nitrogens with one attached hydrogen (secondary N) is 1. The first-order valence-electron chi connectivity index (χ1n) is 6.51. The van der Waals surface area contributed by atoms with Crippen LogP contribution in [0.15, 0.2) is 24.4 Å². The number of hydrogen-bond donors (Lipinski definition) is 1. The number of benzene rings is 1. The molecule has 0 bridgehead atoms. The number of rotatable bonds is 3. The molecule has 1 fully saturated rings. The van der Waals surface area contributed by atoms with E-state index in [0.717, 1.165) is 30.4 Å². The van der Waals surface area contributed by atoms with E-state index in [1.54, 1.807) is 12.3 Å². The van der Waals surface area contributed by atoms with E-state index in [2.05, 4.69) is 10.2 Å². The van der Waals surface area contributed by atoms with Crippen molar-refractivity contribution in [1.82, 2.24) is 10.2 Å². The van der Waals surface area contributed by atoms with Gasteiger partial charge in [0.25, 0.3) is 0 Å². The zero-order valence-electron chi connectivity index (χ0n) is 10.6. The van der Waals surface area contributed by atoms with Gasteiger partial charge in [-0.1, -0.05) is 6.07 Å². The molecule has 0 saturated carbocycles. The number of aromatic nitrogens is 2. The fraction of sp³-hybridized carbons (Fsp3) is 0.429. The fourth-order valence-electron chi connectivity index (χ4n) is 2.36. The molecule has 0 radical (unpaired) electrons. The molecule has 0 aliphatic carbocycles. The molecule has 3 rings (SSSR count). The Morgan fingerprint density at radius 1 is 1.53 bits per heavy atom. The second-order valence-corrected chi connectivity index (χ2v) is 4.82. The van der Waals surface area contributed by atoms with Gasteiger partial charge in [0.2, 0.25) is 0 Å². The van der Waals surface area contributed by atoms with Crippen LogP contribution >= 0.6 is 0 Å². The lowest BCUT2D eigenvalue weighted by Crippen LogP contribution is -2.23. The summed E-state index contributed by atoms with van der Waals surface area (Å²) < 4.78 is 10.8. The molecule has 1 atom stereocenters. The molecule has 100 valence electrons. The Kier molecular flexibility index (Phi) is 3.46. The van der Waals surface area contributed by atoms with Gasteiger partial charge in [0.15, 0.2) is 0 Å². The molecule has 2 heterocycles. The van der Waals surface area contributed by atoms with E-state index in [-0.39, 0.29) is 5.97 Å². The average Bonchev–Trinajstić information content (AvgIpc) is 2.94. The molecule has 5 heteroatoms. The molecule has 1 unspecified atom stereocenters. The molecule has 1 saturated heterocycles. The van der Waals surface area contributed by atoms with Crippen LogP contribution < -0.4 is 0 Å². The molecule has 0 spiro atoms. The summed E-state index contributed by atoms with van der Waals surface area (Å²) in [4.78, 5) is 12.1. The molecule has 1 aliphatic rings.